The molecule has 1 aliphatic heterocycles. The van der Waals surface area contributed by atoms with Crippen LogP contribution in [0.3, 0.4) is 0 Å². The van der Waals surface area contributed by atoms with E-state index in [1.165, 1.54) is 19.3 Å². The molecule has 5 heteroatoms. The van der Waals surface area contributed by atoms with E-state index in [9.17, 15) is 0 Å². The number of piperidine rings is 1. The smallest absolute Gasteiger partial charge is 0.138 e. The first-order valence-electron chi connectivity index (χ1n) is 7.19. The average Bonchev–Trinajstić information content (AvgIpc) is 2.53. The summed E-state index contributed by atoms with van der Waals surface area (Å²) in [5, 5.41) is 8.09. The Hall–Kier alpha value is -1.81. The number of rotatable bonds is 3. The number of fused-ring (bicyclic) bond motifs is 1. The second-order valence-corrected chi connectivity index (χ2v) is 5.54. The predicted octanol–water partition coefficient (Wildman–Crippen LogP) is 3.72. The zero-order chi connectivity index (χ0) is 14.7. The number of nitrogens with zero attached hydrogens (tertiary/aromatic N) is 3. The minimum Gasteiger partial charge on any atom is -0.497 e. The third-order valence-corrected chi connectivity index (χ3v) is 4.00. The number of methoxy groups -OCH3 is 1. The van der Waals surface area contributed by atoms with Crippen LogP contribution in [0.25, 0.3) is 10.9 Å². The second-order valence-electron chi connectivity index (χ2n) is 5.19. The summed E-state index contributed by atoms with van der Waals surface area (Å²) in [6.07, 6.45) is 5.51. The van der Waals surface area contributed by atoms with Gasteiger partial charge in [0, 0.05) is 24.0 Å². The van der Waals surface area contributed by atoms with Gasteiger partial charge in [0.2, 0.25) is 0 Å². The minimum absolute atomic E-state index is 0.480. The average molecular weight is 304 g/mol. The molecule has 3 rings (SSSR count). The van der Waals surface area contributed by atoms with Crippen LogP contribution in [-0.4, -0.2) is 36.4 Å². The van der Waals surface area contributed by atoms with Crippen molar-refractivity contribution in [3.63, 3.8) is 0 Å². The SMILES string of the molecule is COc1ccc2nc(Cl)c(/C=N\N3CCCCC3)cc2c1. The van der Waals surface area contributed by atoms with E-state index in [-0.39, 0.29) is 0 Å². The van der Waals surface area contributed by atoms with Gasteiger partial charge in [0.25, 0.3) is 0 Å². The number of aromatic nitrogens is 1. The normalized spacial score (nSPS) is 15.8. The van der Waals surface area contributed by atoms with E-state index < -0.39 is 0 Å². The summed E-state index contributed by atoms with van der Waals surface area (Å²) in [5.41, 5.74) is 1.69. The lowest BCUT2D eigenvalue weighted by Gasteiger charge is -2.23. The first kappa shape index (κ1) is 14.1. The molecule has 0 amide bonds. The Morgan fingerprint density at radius 3 is 2.81 bits per heavy atom. The van der Waals surface area contributed by atoms with Crippen molar-refractivity contribution in [2.75, 3.05) is 20.2 Å². The Kier molecular flexibility index (Phi) is 4.25. The number of pyridine rings is 1. The minimum atomic E-state index is 0.480. The third kappa shape index (κ3) is 3.27. The van der Waals surface area contributed by atoms with E-state index in [1.54, 1.807) is 13.3 Å². The highest BCUT2D eigenvalue weighted by Gasteiger charge is 2.08. The molecule has 0 bridgehead atoms. The van der Waals surface area contributed by atoms with Crippen LogP contribution in [0.15, 0.2) is 29.4 Å². The number of hydrogen-bond acceptors (Lipinski definition) is 4. The fourth-order valence-corrected chi connectivity index (χ4v) is 2.70. The monoisotopic (exact) mass is 303 g/mol. The molecule has 21 heavy (non-hydrogen) atoms. The van der Waals surface area contributed by atoms with Gasteiger partial charge in [-0.25, -0.2) is 4.98 Å². The molecule has 2 heterocycles. The van der Waals surface area contributed by atoms with Gasteiger partial charge in [-0.3, -0.25) is 5.01 Å². The van der Waals surface area contributed by atoms with Crippen molar-refractivity contribution in [3.05, 3.63) is 35.0 Å². The number of benzene rings is 1. The zero-order valence-corrected chi connectivity index (χ0v) is 12.8. The maximum Gasteiger partial charge on any atom is 0.138 e. The van der Waals surface area contributed by atoms with Crippen LogP contribution >= 0.6 is 11.6 Å². The Labute approximate surface area is 129 Å². The predicted molar refractivity (Wildman–Crippen MR) is 86.3 cm³/mol. The molecule has 0 aliphatic carbocycles. The molecule has 1 aromatic carbocycles. The highest BCUT2D eigenvalue weighted by Crippen LogP contribution is 2.23. The Bertz CT molecular complexity index is 666. The fourth-order valence-electron chi connectivity index (χ4n) is 2.50. The van der Waals surface area contributed by atoms with Crippen LogP contribution in [0.1, 0.15) is 24.8 Å². The molecule has 0 unspecified atom stereocenters. The van der Waals surface area contributed by atoms with Gasteiger partial charge in [-0.2, -0.15) is 5.10 Å². The molecular formula is C16H18ClN3O. The highest BCUT2D eigenvalue weighted by molar-refractivity contribution is 6.32. The van der Waals surface area contributed by atoms with E-state index in [0.717, 1.165) is 35.3 Å². The lowest BCUT2D eigenvalue weighted by Crippen LogP contribution is -2.24. The Morgan fingerprint density at radius 1 is 1.24 bits per heavy atom. The molecular weight excluding hydrogens is 286 g/mol. The second kappa shape index (κ2) is 6.31. The van der Waals surface area contributed by atoms with Crippen molar-refractivity contribution < 1.29 is 4.74 Å². The number of hydrogen-bond donors (Lipinski definition) is 0. The number of hydrazone groups is 1. The van der Waals surface area contributed by atoms with Crippen LogP contribution in [0.2, 0.25) is 5.15 Å². The van der Waals surface area contributed by atoms with Crippen molar-refractivity contribution in [2.45, 2.75) is 19.3 Å². The van der Waals surface area contributed by atoms with Gasteiger partial charge in [-0.15, -0.1) is 0 Å². The van der Waals surface area contributed by atoms with Crippen LogP contribution in [0, 0.1) is 0 Å². The quantitative estimate of drug-likeness (QED) is 0.641. The van der Waals surface area contributed by atoms with E-state index in [0.29, 0.717) is 5.15 Å². The molecule has 1 saturated heterocycles. The van der Waals surface area contributed by atoms with Crippen molar-refractivity contribution in [1.82, 2.24) is 9.99 Å². The first-order valence-corrected chi connectivity index (χ1v) is 7.57. The summed E-state index contributed by atoms with van der Waals surface area (Å²) in [7, 11) is 1.66. The van der Waals surface area contributed by atoms with Crippen LogP contribution in [-0.2, 0) is 0 Å². The number of ether oxygens (including phenoxy) is 1. The fraction of sp³-hybridized carbons (Fsp3) is 0.375. The molecule has 0 N–H and O–H groups in total. The Balaban J connectivity index is 1.89. The number of halogens is 1. The summed E-state index contributed by atoms with van der Waals surface area (Å²) in [6.45, 7) is 2.03. The molecule has 1 aromatic heterocycles. The molecule has 0 spiro atoms. The first-order chi connectivity index (χ1) is 10.3. The molecule has 1 fully saturated rings. The molecule has 0 atom stereocenters. The largest absolute Gasteiger partial charge is 0.497 e. The van der Waals surface area contributed by atoms with Gasteiger partial charge in [0.05, 0.1) is 18.8 Å². The van der Waals surface area contributed by atoms with Crippen molar-refractivity contribution >= 4 is 28.7 Å². The van der Waals surface area contributed by atoms with Gasteiger partial charge in [0.15, 0.2) is 0 Å². The van der Waals surface area contributed by atoms with Gasteiger partial charge < -0.3 is 4.74 Å². The van der Waals surface area contributed by atoms with Crippen molar-refractivity contribution in [3.8, 4) is 5.75 Å². The summed E-state index contributed by atoms with van der Waals surface area (Å²) in [4.78, 5) is 4.41. The molecule has 0 radical (unpaired) electrons. The molecule has 4 nitrogen and oxygen atoms in total. The lowest BCUT2D eigenvalue weighted by molar-refractivity contribution is 0.240. The van der Waals surface area contributed by atoms with Gasteiger partial charge in [-0.05, 0) is 43.5 Å². The van der Waals surface area contributed by atoms with E-state index in [4.69, 9.17) is 16.3 Å². The van der Waals surface area contributed by atoms with Crippen molar-refractivity contribution in [2.24, 2.45) is 5.10 Å². The zero-order valence-electron chi connectivity index (χ0n) is 12.1. The van der Waals surface area contributed by atoms with Gasteiger partial charge >= 0.3 is 0 Å². The maximum atomic E-state index is 6.24. The Morgan fingerprint density at radius 2 is 2.05 bits per heavy atom. The lowest BCUT2D eigenvalue weighted by atomic mass is 10.1. The van der Waals surface area contributed by atoms with E-state index in [1.807, 2.05) is 24.3 Å². The molecule has 2 aromatic rings. The molecule has 110 valence electrons. The summed E-state index contributed by atoms with van der Waals surface area (Å²) < 4.78 is 5.24. The summed E-state index contributed by atoms with van der Waals surface area (Å²) in [6, 6.07) is 7.75. The molecule has 1 aliphatic rings. The van der Waals surface area contributed by atoms with Crippen LogP contribution < -0.4 is 4.74 Å². The van der Waals surface area contributed by atoms with E-state index in [2.05, 4.69) is 15.1 Å². The highest BCUT2D eigenvalue weighted by atomic mass is 35.5. The van der Waals surface area contributed by atoms with Crippen LogP contribution in [0.4, 0.5) is 0 Å². The van der Waals surface area contributed by atoms with Crippen LogP contribution in [0.5, 0.6) is 5.75 Å². The van der Waals surface area contributed by atoms with E-state index >= 15 is 0 Å². The van der Waals surface area contributed by atoms with Gasteiger partial charge in [-0.1, -0.05) is 11.6 Å². The van der Waals surface area contributed by atoms with Gasteiger partial charge in [0.1, 0.15) is 10.9 Å². The molecule has 0 saturated carbocycles. The third-order valence-electron chi connectivity index (χ3n) is 3.70. The maximum absolute atomic E-state index is 6.24. The standard InChI is InChI=1S/C16H18ClN3O/c1-21-14-5-6-15-12(10-14)9-13(16(17)19-15)11-18-20-7-3-2-4-8-20/h5-6,9-11H,2-4,7-8H2,1H3/b18-11-. The topological polar surface area (TPSA) is 37.7 Å². The van der Waals surface area contributed by atoms with Crippen molar-refractivity contribution in [1.29, 1.82) is 0 Å². The summed E-state index contributed by atoms with van der Waals surface area (Å²) >= 11 is 6.24. The summed E-state index contributed by atoms with van der Waals surface area (Å²) in [5.74, 6) is 0.811.